The Hall–Kier alpha value is -1.78. The summed E-state index contributed by atoms with van der Waals surface area (Å²) in [4.78, 5) is 13.6. The molecule has 0 saturated carbocycles. The number of nitriles is 1. The topological polar surface area (TPSA) is 73.6 Å². The highest BCUT2D eigenvalue weighted by molar-refractivity contribution is 7.18. The second-order valence-corrected chi connectivity index (χ2v) is 6.99. The second kappa shape index (κ2) is 8.54. The van der Waals surface area contributed by atoms with Crippen molar-refractivity contribution >= 4 is 45.5 Å². The number of halogens is 2. The maximum Gasteiger partial charge on any atom is 0.346 e. The summed E-state index contributed by atoms with van der Waals surface area (Å²) in [6.07, 6.45) is 0. The fourth-order valence-electron chi connectivity index (χ4n) is 2.34. The summed E-state index contributed by atoms with van der Waals surface area (Å²) in [5.41, 5.74) is 1.08. The second-order valence-electron chi connectivity index (χ2n) is 5.15. The molecule has 0 radical (unpaired) electrons. The standard InChI is InChI=1S/C17H16Cl2N2O3S/c1-3-24-7-6-21(2)16-12(9-20)14(15(25-16)17(22)23)11-5-4-10(18)8-13(11)19/h4-5,8H,3,6-7H2,1-2H3,(H,22,23). The third-order valence-corrected chi connectivity index (χ3v) is 5.36. The molecular weight excluding hydrogens is 383 g/mol. The van der Waals surface area contributed by atoms with E-state index in [1.54, 1.807) is 19.2 Å². The van der Waals surface area contributed by atoms with Crippen molar-refractivity contribution in [2.45, 2.75) is 6.92 Å². The third-order valence-electron chi connectivity index (χ3n) is 3.52. The Morgan fingerprint density at radius 2 is 2.16 bits per heavy atom. The van der Waals surface area contributed by atoms with E-state index < -0.39 is 5.97 Å². The van der Waals surface area contributed by atoms with Crippen LogP contribution in [0.2, 0.25) is 10.0 Å². The number of thiophene rings is 1. The van der Waals surface area contributed by atoms with E-state index in [9.17, 15) is 15.2 Å². The molecule has 1 aromatic heterocycles. The first kappa shape index (κ1) is 19.5. The highest BCUT2D eigenvalue weighted by Gasteiger charge is 2.27. The van der Waals surface area contributed by atoms with E-state index in [1.165, 1.54) is 6.07 Å². The SMILES string of the molecule is CCOCCN(C)c1sc(C(=O)O)c(-c2ccc(Cl)cc2Cl)c1C#N. The van der Waals surface area contributed by atoms with Crippen molar-refractivity contribution in [2.75, 3.05) is 31.7 Å². The van der Waals surface area contributed by atoms with Crippen LogP contribution in [0.1, 0.15) is 22.2 Å². The molecule has 8 heteroatoms. The molecule has 0 fully saturated rings. The Kier molecular flexibility index (Phi) is 6.68. The number of rotatable bonds is 7. The largest absolute Gasteiger partial charge is 0.477 e. The lowest BCUT2D eigenvalue weighted by molar-refractivity contribution is 0.0703. The van der Waals surface area contributed by atoms with Gasteiger partial charge in [0.25, 0.3) is 0 Å². The van der Waals surface area contributed by atoms with Crippen LogP contribution >= 0.6 is 34.5 Å². The van der Waals surface area contributed by atoms with Crippen LogP contribution in [-0.2, 0) is 4.74 Å². The number of ether oxygens (including phenoxy) is 1. The van der Waals surface area contributed by atoms with E-state index >= 15 is 0 Å². The van der Waals surface area contributed by atoms with Crippen molar-refractivity contribution in [3.05, 3.63) is 38.7 Å². The average molecular weight is 399 g/mol. The van der Waals surface area contributed by atoms with Crippen LogP contribution in [0.4, 0.5) is 5.00 Å². The molecule has 1 heterocycles. The summed E-state index contributed by atoms with van der Waals surface area (Å²) in [6.45, 7) is 3.51. The molecule has 0 aliphatic carbocycles. The van der Waals surface area contributed by atoms with Gasteiger partial charge in [0.15, 0.2) is 0 Å². The Bertz CT molecular complexity index is 830. The van der Waals surface area contributed by atoms with E-state index in [4.69, 9.17) is 27.9 Å². The lowest BCUT2D eigenvalue weighted by atomic mass is 10.0. The molecule has 0 aliphatic rings. The summed E-state index contributed by atoms with van der Waals surface area (Å²) in [6, 6.07) is 6.90. The molecule has 0 unspecified atom stereocenters. The molecule has 2 aromatic rings. The van der Waals surface area contributed by atoms with Gasteiger partial charge in [0.2, 0.25) is 0 Å². The Labute approximate surface area is 160 Å². The van der Waals surface area contributed by atoms with Crippen LogP contribution < -0.4 is 4.90 Å². The van der Waals surface area contributed by atoms with Crippen molar-refractivity contribution in [3.63, 3.8) is 0 Å². The minimum Gasteiger partial charge on any atom is -0.477 e. The molecule has 0 spiro atoms. The summed E-state index contributed by atoms with van der Waals surface area (Å²) >= 11 is 13.2. The Morgan fingerprint density at radius 3 is 2.72 bits per heavy atom. The number of hydrogen-bond acceptors (Lipinski definition) is 5. The van der Waals surface area contributed by atoms with Crippen LogP contribution in [-0.4, -0.2) is 37.9 Å². The van der Waals surface area contributed by atoms with Gasteiger partial charge < -0.3 is 14.7 Å². The minimum absolute atomic E-state index is 0.0685. The molecule has 25 heavy (non-hydrogen) atoms. The molecule has 0 saturated heterocycles. The lowest BCUT2D eigenvalue weighted by Gasteiger charge is -2.17. The van der Waals surface area contributed by atoms with Crippen molar-refractivity contribution in [2.24, 2.45) is 0 Å². The van der Waals surface area contributed by atoms with E-state index in [-0.39, 0.29) is 10.4 Å². The lowest BCUT2D eigenvalue weighted by Crippen LogP contribution is -2.22. The Morgan fingerprint density at radius 1 is 1.44 bits per heavy atom. The number of benzene rings is 1. The van der Waals surface area contributed by atoms with Crippen molar-refractivity contribution < 1.29 is 14.6 Å². The number of anilines is 1. The van der Waals surface area contributed by atoms with E-state index in [2.05, 4.69) is 6.07 Å². The molecule has 1 N–H and O–H groups in total. The molecule has 2 rings (SSSR count). The van der Waals surface area contributed by atoms with Gasteiger partial charge >= 0.3 is 5.97 Å². The quantitative estimate of drug-likeness (QED) is 0.680. The zero-order chi connectivity index (χ0) is 18.6. The summed E-state index contributed by atoms with van der Waals surface area (Å²) in [5, 5.41) is 20.6. The van der Waals surface area contributed by atoms with Crippen LogP contribution in [0.15, 0.2) is 18.2 Å². The van der Waals surface area contributed by atoms with E-state index in [0.29, 0.717) is 45.9 Å². The molecule has 0 atom stereocenters. The zero-order valence-electron chi connectivity index (χ0n) is 13.7. The summed E-state index contributed by atoms with van der Waals surface area (Å²) < 4.78 is 5.33. The van der Waals surface area contributed by atoms with Gasteiger partial charge in [-0.1, -0.05) is 29.3 Å². The van der Waals surface area contributed by atoms with Crippen LogP contribution in [0.25, 0.3) is 11.1 Å². The van der Waals surface area contributed by atoms with Gasteiger partial charge in [0.1, 0.15) is 15.9 Å². The maximum absolute atomic E-state index is 11.7. The number of carbonyl (C=O) groups is 1. The Balaban J connectivity index is 2.59. The molecule has 1 aromatic carbocycles. The fraction of sp³-hybridized carbons (Fsp3) is 0.294. The van der Waals surface area contributed by atoms with Gasteiger partial charge in [-0.05, 0) is 19.1 Å². The molecule has 0 aliphatic heterocycles. The summed E-state index contributed by atoms with van der Waals surface area (Å²) in [5.74, 6) is -1.10. The number of nitrogens with zero attached hydrogens (tertiary/aromatic N) is 2. The number of hydrogen-bond donors (Lipinski definition) is 1. The van der Waals surface area contributed by atoms with Gasteiger partial charge in [0.05, 0.1) is 12.2 Å². The van der Waals surface area contributed by atoms with Crippen molar-refractivity contribution in [1.29, 1.82) is 5.26 Å². The van der Waals surface area contributed by atoms with Crippen molar-refractivity contribution in [1.82, 2.24) is 0 Å². The molecule has 132 valence electrons. The predicted octanol–water partition coefficient (Wildman–Crippen LogP) is 4.76. The highest BCUT2D eigenvalue weighted by Crippen LogP contribution is 2.44. The minimum atomic E-state index is -1.10. The van der Waals surface area contributed by atoms with Crippen LogP contribution in [0, 0.1) is 11.3 Å². The molecule has 5 nitrogen and oxygen atoms in total. The predicted molar refractivity (Wildman–Crippen MR) is 101 cm³/mol. The van der Waals surface area contributed by atoms with Crippen molar-refractivity contribution in [3.8, 4) is 17.2 Å². The third kappa shape index (κ3) is 4.25. The van der Waals surface area contributed by atoms with Gasteiger partial charge in [0, 0.05) is 41.4 Å². The maximum atomic E-state index is 11.7. The van der Waals surface area contributed by atoms with Gasteiger partial charge in [-0.2, -0.15) is 5.26 Å². The van der Waals surface area contributed by atoms with Gasteiger partial charge in [-0.3, -0.25) is 0 Å². The number of carboxylic acid groups (broad SMARTS) is 1. The smallest absolute Gasteiger partial charge is 0.346 e. The van der Waals surface area contributed by atoms with Crippen LogP contribution in [0.3, 0.4) is 0 Å². The number of likely N-dealkylation sites (N-methyl/N-ethyl adjacent to an activating group) is 1. The first-order chi connectivity index (χ1) is 11.9. The zero-order valence-corrected chi connectivity index (χ0v) is 16.0. The monoisotopic (exact) mass is 398 g/mol. The fourth-order valence-corrected chi connectivity index (χ4v) is 3.93. The molecule has 0 bridgehead atoms. The van der Waals surface area contributed by atoms with Gasteiger partial charge in [-0.15, -0.1) is 11.3 Å². The first-order valence-corrected chi connectivity index (χ1v) is 9.02. The first-order valence-electron chi connectivity index (χ1n) is 7.45. The molecule has 0 amide bonds. The average Bonchev–Trinajstić information content (AvgIpc) is 2.94. The normalized spacial score (nSPS) is 10.5. The van der Waals surface area contributed by atoms with E-state index in [0.717, 1.165) is 11.3 Å². The van der Waals surface area contributed by atoms with E-state index in [1.807, 2.05) is 11.8 Å². The molecular formula is C17H16Cl2N2O3S. The summed E-state index contributed by atoms with van der Waals surface area (Å²) in [7, 11) is 1.80. The van der Waals surface area contributed by atoms with Gasteiger partial charge in [-0.25, -0.2) is 4.79 Å². The number of aromatic carboxylic acids is 1. The highest BCUT2D eigenvalue weighted by atomic mass is 35.5. The number of carboxylic acids is 1. The van der Waals surface area contributed by atoms with Crippen LogP contribution in [0.5, 0.6) is 0 Å².